The molecule has 3 atom stereocenters. The lowest BCUT2D eigenvalue weighted by molar-refractivity contribution is -0.901. The van der Waals surface area contributed by atoms with Crippen molar-refractivity contribution < 1.29 is 9.64 Å². The molecule has 130 valence electrons. The highest BCUT2D eigenvalue weighted by Gasteiger charge is 2.61. The summed E-state index contributed by atoms with van der Waals surface area (Å²) in [6, 6.07) is 0. The standard InChI is InChI=1S/C20H39NO/c1-6-8-12-21(13-9-7-2)14-15-22-18-16-17-10-11-20(18,5)19(17,3)4/h17-18H,6-16H2,1-5H3/p+1/t17-,18-,20+/m0/s1. The number of quaternary nitrogens is 1. The van der Waals surface area contributed by atoms with Crippen molar-refractivity contribution >= 4 is 0 Å². The van der Waals surface area contributed by atoms with Gasteiger partial charge in [0.05, 0.1) is 25.8 Å². The summed E-state index contributed by atoms with van der Waals surface area (Å²) in [5.74, 6) is 0.895. The highest BCUT2D eigenvalue weighted by Crippen LogP contribution is 2.66. The Kier molecular flexibility index (Phi) is 6.36. The van der Waals surface area contributed by atoms with E-state index < -0.39 is 0 Å². The van der Waals surface area contributed by atoms with Crippen molar-refractivity contribution in [3.8, 4) is 0 Å². The maximum absolute atomic E-state index is 6.45. The molecule has 2 aliphatic carbocycles. The molecule has 0 aromatic carbocycles. The van der Waals surface area contributed by atoms with E-state index in [-0.39, 0.29) is 0 Å². The smallest absolute Gasteiger partial charge is 0.101 e. The predicted octanol–water partition coefficient (Wildman–Crippen LogP) is 3.70. The molecule has 0 radical (unpaired) electrons. The maximum Gasteiger partial charge on any atom is 0.101 e. The van der Waals surface area contributed by atoms with Gasteiger partial charge in [-0.1, -0.05) is 47.5 Å². The summed E-state index contributed by atoms with van der Waals surface area (Å²) in [5.41, 5.74) is 0.902. The van der Waals surface area contributed by atoms with Crippen molar-refractivity contribution in [1.82, 2.24) is 0 Å². The van der Waals surface area contributed by atoms with Gasteiger partial charge in [-0.05, 0) is 48.9 Å². The summed E-state index contributed by atoms with van der Waals surface area (Å²) >= 11 is 0. The number of hydrogen-bond acceptors (Lipinski definition) is 1. The van der Waals surface area contributed by atoms with Crippen LogP contribution in [0.2, 0.25) is 0 Å². The molecule has 0 amide bonds. The van der Waals surface area contributed by atoms with Crippen LogP contribution in [0.3, 0.4) is 0 Å². The zero-order valence-corrected chi connectivity index (χ0v) is 15.8. The minimum atomic E-state index is 0.421. The largest absolute Gasteiger partial charge is 0.372 e. The Morgan fingerprint density at radius 2 is 1.64 bits per heavy atom. The zero-order valence-electron chi connectivity index (χ0n) is 15.8. The van der Waals surface area contributed by atoms with Gasteiger partial charge in [-0.3, -0.25) is 0 Å². The summed E-state index contributed by atoms with van der Waals surface area (Å²) in [5, 5.41) is 0. The first-order valence-electron chi connectivity index (χ1n) is 9.90. The van der Waals surface area contributed by atoms with Gasteiger partial charge in [0.2, 0.25) is 0 Å². The topological polar surface area (TPSA) is 13.7 Å². The summed E-state index contributed by atoms with van der Waals surface area (Å²) in [6.45, 7) is 16.9. The van der Waals surface area contributed by atoms with E-state index >= 15 is 0 Å². The van der Waals surface area contributed by atoms with Crippen molar-refractivity contribution in [2.45, 2.75) is 85.7 Å². The monoisotopic (exact) mass is 310 g/mol. The van der Waals surface area contributed by atoms with E-state index in [1.165, 1.54) is 64.6 Å². The molecule has 2 bridgehead atoms. The van der Waals surface area contributed by atoms with Crippen LogP contribution in [-0.4, -0.2) is 32.3 Å². The fourth-order valence-corrected chi connectivity index (χ4v) is 4.96. The molecule has 22 heavy (non-hydrogen) atoms. The fraction of sp³-hybridized carbons (Fsp3) is 1.00. The van der Waals surface area contributed by atoms with Crippen LogP contribution < -0.4 is 4.90 Å². The summed E-state index contributed by atoms with van der Waals surface area (Å²) < 4.78 is 6.45. The lowest BCUT2D eigenvalue weighted by atomic mass is 9.70. The number of hydrogen-bond donors (Lipinski definition) is 1. The Morgan fingerprint density at radius 3 is 2.09 bits per heavy atom. The van der Waals surface area contributed by atoms with Crippen molar-refractivity contribution in [3.63, 3.8) is 0 Å². The van der Waals surface area contributed by atoms with Gasteiger partial charge in [-0.25, -0.2) is 0 Å². The second kappa shape index (κ2) is 7.66. The van der Waals surface area contributed by atoms with Crippen molar-refractivity contribution in [2.75, 3.05) is 26.2 Å². The summed E-state index contributed by atoms with van der Waals surface area (Å²) in [6.07, 6.45) is 9.96. The van der Waals surface area contributed by atoms with Crippen LogP contribution in [0.15, 0.2) is 0 Å². The van der Waals surface area contributed by atoms with E-state index in [1.54, 1.807) is 4.90 Å². The van der Waals surface area contributed by atoms with Crippen molar-refractivity contribution in [2.24, 2.45) is 16.7 Å². The molecule has 0 heterocycles. The van der Waals surface area contributed by atoms with Crippen LogP contribution in [-0.2, 0) is 4.74 Å². The summed E-state index contributed by atoms with van der Waals surface area (Å²) in [4.78, 5) is 1.76. The molecular weight excluding hydrogens is 270 g/mol. The third kappa shape index (κ3) is 3.53. The number of ether oxygens (including phenoxy) is 1. The van der Waals surface area contributed by atoms with Crippen LogP contribution in [0.25, 0.3) is 0 Å². The van der Waals surface area contributed by atoms with Gasteiger partial charge in [0.1, 0.15) is 6.54 Å². The van der Waals surface area contributed by atoms with Gasteiger partial charge in [0, 0.05) is 0 Å². The average Bonchev–Trinajstić information content (AvgIpc) is 2.82. The molecule has 0 saturated heterocycles. The van der Waals surface area contributed by atoms with Gasteiger partial charge in [0.25, 0.3) is 0 Å². The Labute approximate surface area is 139 Å². The molecule has 2 aliphatic rings. The zero-order chi connectivity index (χ0) is 16.2. The highest BCUT2D eigenvalue weighted by atomic mass is 16.5. The van der Waals surface area contributed by atoms with Crippen LogP contribution >= 0.6 is 0 Å². The molecule has 0 aliphatic heterocycles. The van der Waals surface area contributed by atoms with Gasteiger partial charge < -0.3 is 9.64 Å². The molecule has 1 N–H and O–H groups in total. The van der Waals surface area contributed by atoms with E-state index in [4.69, 9.17) is 4.74 Å². The maximum atomic E-state index is 6.45. The summed E-state index contributed by atoms with van der Waals surface area (Å²) in [7, 11) is 0. The minimum absolute atomic E-state index is 0.421. The second-order valence-electron chi connectivity index (χ2n) is 8.68. The first-order valence-corrected chi connectivity index (χ1v) is 9.90. The quantitative estimate of drug-likeness (QED) is 0.649. The SMILES string of the molecule is CCCC[NH+](CCCC)CCO[C@H]1C[C@@H]2CC[C@@]1(C)C2(C)C. The number of unbranched alkanes of at least 4 members (excludes halogenated alkanes) is 2. The van der Waals surface area contributed by atoms with Crippen LogP contribution in [0, 0.1) is 16.7 Å². The molecule has 2 saturated carbocycles. The van der Waals surface area contributed by atoms with E-state index in [2.05, 4.69) is 34.6 Å². The van der Waals surface area contributed by atoms with Crippen molar-refractivity contribution in [3.05, 3.63) is 0 Å². The molecule has 0 spiro atoms. The Hall–Kier alpha value is -0.0800. The molecule has 2 rings (SSSR count). The average molecular weight is 311 g/mol. The van der Waals surface area contributed by atoms with Gasteiger partial charge in [0.15, 0.2) is 0 Å². The third-order valence-corrected chi connectivity index (χ3v) is 7.26. The van der Waals surface area contributed by atoms with E-state index in [0.29, 0.717) is 16.9 Å². The first-order chi connectivity index (χ1) is 10.5. The Balaban J connectivity index is 1.78. The molecule has 0 aromatic rings. The number of rotatable bonds is 10. The Bertz CT molecular complexity index is 333. The van der Waals surface area contributed by atoms with Crippen molar-refractivity contribution in [1.29, 1.82) is 0 Å². The Morgan fingerprint density at radius 1 is 1.00 bits per heavy atom. The molecule has 2 heteroatoms. The van der Waals surface area contributed by atoms with Crippen LogP contribution in [0.4, 0.5) is 0 Å². The molecule has 0 aromatic heterocycles. The van der Waals surface area contributed by atoms with E-state index in [0.717, 1.165) is 12.5 Å². The number of fused-ring (bicyclic) bond motifs is 2. The fourth-order valence-electron chi connectivity index (χ4n) is 4.96. The molecule has 0 unspecified atom stereocenters. The molecular formula is C20H40NO+. The minimum Gasteiger partial charge on any atom is -0.372 e. The normalized spacial score (nSPS) is 33.0. The lowest BCUT2D eigenvalue weighted by Gasteiger charge is -2.39. The lowest BCUT2D eigenvalue weighted by Crippen LogP contribution is -3.12. The highest BCUT2D eigenvalue weighted by molar-refractivity contribution is 5.11. The van der Waals surface area contributed by atoms with Gasteiger partial charge in [-0.2, -0.15) is 0 Å². The van der Waals surface area contributed by atoms with Crippen LogP contribution in [0.5, 0.6) is 0 Å². The van der Waals surface area contributed by atoms with E-state index in [1.807, 2.05) is 0 Å². The predicted molar refractivity (Wildman–Crippen MR) is 94.3 cm³/mol. The third-order valence-electron chi connectivity index (χ3n) is 7.26. The molecule has 2 fully saturated rings. The first kappa shape index (κ1) is 18.3. The van der Waals surface area contributed by atoms with Gasteiger partial charge >= 0.3 is 0 Å². The second-order valence-corrected chi connectivity index (χ2v) is 8.68. The number of nitrogens with one attached hydrogen (secondary N) is 1. The van der Waals surface area contributed by atoms with Crippen LogP contribution in [0.1, 0.15) is 79.6 Å². The van der Waals surface area contributed by atoms with E-state index in [9.17, 15) is 0 Å². The van der Waals surface area contributed by atoms with Gasteiger partial charge in [-0.15, -0.1) is 0 Å². The molecule has 2 nitrogen and oxygen atoms in total.